The van der Waals surface area contributed by atoms with Crippen LogP contribution in [0.15, 0.2) is 18.2 Å². The average molecular weight is 194 g/mol. The van der Waals surface area contributed by atoms with Gasteiger partial charge in [0.05, 0.1) is 6.10 Å². The van der Waals surface area contributed by atoms with Crippen molar-refractivity contribution in [2.24, 2.45) is 0 Å². The molecular formula is C10H10O4. The van der Waals surface area contributed by atoms with Gasteiger partial charge in [-0.15, -0.1) is 0 Å². The minimum absolute atomic E-state index is 0.0522. The number of benzene rings is 1. The highest BCUT2D eigenvalue weighted by Crippen LogP contribution is 2.35. The van der Waals surface area contributed by atoms with Crippen molar-refractivity contribution in [3.63, 3.8) is 0 Å². The fraction of sp³-hybridized carbons (Fsp3) is 0.300. The van der Waals surface area contributed by atoms with E-state index in [9.17, 15) is 20.1 Å². The lowest BCUT2D eigenvalue weighted by molar-refractivity contribution is 0.0477. The monoisotopic (exact) mass is 194 g/mol. The van der Waals surface area contributed by atoms with Crippen LogP contribution in [0.3, 0.4) is 0 Å². The molecule has 0 aromatic heterocycles. The number of hydrogen-bond acceptors (Lipinski definition) is 4. The zero-order chi connectivity index (χ0) is 10.3. The maximum absolute atomic E-state index is 11.4. The first kappa shape index (κ1) is 9.18. The number of carbonyl (C=O) groups excluding carboxylic acids is 1. The standard InChI is InChI=1S/C10H10O4/c11-6-3-1-2-5-9(6)7(12)4-8(13)10(5)14/h1-3,7-8,11-13H,4H2/t7-,8+/m1/s1. The number of carbonyl (C=O) groups is 1. The van der Waals surface area contributed by atoms with Gasteiger partial charge in [-0.2, -0.15) is 0 Å². The van der Waals surface area contributed by atoms with Crippen LogP contribution in [0, 0.1) is 0 Å². The van der Waals surface area contributed by atoms with Gasteiger partial charge in [-0.3, -0.25) is 4.79 Å². The summed E-state index contributed by atoms with van der Waals surface area (Å²) in [7, 11) is 0. The van der Waals surface area contributed by atoms with E-state index < -0.39 is 18.0 Å². The summed E-state index contributed by atoms with van der Waals surface area (Å²) in [6, 6.07) is 4.41. The number of fused-ring (bicyclic) bond motifs is 1. The van der Waals surface area contributed by atoms with Gasteiger partial charge in [0.15, 0.2) is 5.78 Å². The molecule has 0 radical (unpaired) electrons. The normalized spacial score (nSPS) is 26.0. The number of aliphatic hydroxyl groups is 2. The van der Waals surface area contributed by atoms with Crippen molar-refractivity contribution >= 4 is 5.78 Å². The average Bonchev–Trinajstić information content (AvgIpc) is 2.14. The smallest absolute Gasteiger partial charge is 0.191 e. The van der Waals surface area contributed by atoms with E-state index in [0.717, 1.165) is 0 Å². The summed E-state index contributed by atoms with van der Waals surface area (Å²) in [5.41, 5.74) is 0.430. The van der Waals surface area contributed by atoms with E-state index in [4.69, 9.17) is 0 Å². The fourth-order valence-corrected chi connectivity index (χ4v) is 1.73. The molecule has 14 heavy (non-hydrogen) atoms. The summed E-state index contributed by atoms with van der Waals surface area (Å²) < 4.78 is 0. The number of aliphatic hydroxyl groups excluding tert-OH is 2. The van der Waals surface area contributed by atoms with Crippen molar-refractivity contribution in [1.29, 1.82) is 0 Å². The van der Waals surface area contributed by atoms with Crippen molar-refractivity contribution < 1.29 is 20.1 Å². The minimum atomic E-state index is -1.17. The van der Waals surface area contributed by atoms with E-state index in [1.807, 2.05) is 0 Å². The molecule has 0 amide bonds. The van der Waals surface area contributed by atoms with Gasteiger partial charge in [0, 0.05) is 17.5 Å². The Kier molecular flexibility index (Phi) is 2.02. The van der Waals surface area contributed by atoms with Crippen LogP contribution in [0.4, 0.5) is 0 Å². The Balaban J connectivity index is 2.61. The molecule has 2 rings (SSSR count). The number of rotatable bonds is 0. The van der Waals surface area contributed by atoms with Crippen LogP contribution in [0.2, 0.25) is 0 Å². The Morgan fingerprint density at radius 3 is 2.64 bits per heavy atom. The van der Waals surface area contributed by atoms with E-state index in [2.05, 4.69) is 0 Å². The quantitative estimate of drug-likeness (QED) is 0.557. The molecule has 0 fully saturated rings. The summed E-state index contributed by atoms with van der Waals surface area (Å²) in [4.78, 5) is 11.4. The zero-order valence-corrected chi connectivity index (χ0v) is 7.34. The molecule has 4 heteroatoms. The molecule has 1 aromatic carbocycles. The molecule has 0 saturated carbocycles. The van der Waals surface area contributed by atoms with E-state index in [-0.39, 0.29) is 23.3 Å². The van der Waals surface area contributed by atoms with Crippen LogP contribution >= 0.6 is 0 Å². The molecule has 0 bridgehead atoms. The summed E-state index contributed by atoms with van der Waals surface area (Å²) in [6.45, 7) is 0. The van der Waals surface area contributed by atoms with E-state index in [1.54, 1.807) is 0 Å². The molecular weight excluding hydrogens is 184 g/mol. The van der Waals surface area contributed by atoms with Crippen molar-refractivity contribution in [3.05, 3.63) is 29.3 Å². The third-order valence-corrected chi connectivity index (χ3v) is 2.43. The van der Waals surface area contributed by atoms with Crippen molar-refractivity contribution in [2.75, 3.05) is 0 Å². The molecule has 74 valence electrons. The second-order valence-corrected chi connectivity index (χ2v) is 3.37. The fourth-order valence-electron chi connectivity index (χ4n) is 1.73. The van der Waals surface area contributed by atoms with Crippen molar-refractivity contribution in [3.8, 4) is 5.75 Å². The first-order valence-corrected chi connectivity index (χ1v) is 4.33. The molecule has 0 aliphatic heterocycles. The second-order valence-electron chi connectivity index (χ2n) is 3.37. The molecule has 1 aliphatic rings. The Labute approximate surface area is 80.4 Å². The van der Waals surface area contributed by atoms with Gasteiger partial charge in [-0.25, -0.2) is 0 Å². The number of phenolic OH excluding ortho intramolecular Hbond substituents is 1. The van der Waals surface area contributed by atoms with Gasteiger partial charge < -0.3 is 15.3 Å². The molecule has 2 atom stereocenters. The second kappa shape index (κ2) is 3.08. The zero-order valence-electron chi connectivity index (χ0n) is 7.34. The van der Waals surface area contributed by atoms with Crippen LogP contribution in [-0.4, -0.2) is 27.2 Å². The molecule has 0 unspecified atom stereocenters. The van der Waals surface area contributed by atoms with Gasteiger partial charge in [0.25, 0.3) is 0 Å². The van der Waals surface area contributed by atoms with Crippen molar-refractivity contribution in [2.45, 2.75) is 18.6 Å². The third kappa shape index (κ3) is 1.20. The molecule has 4 nitrogen and oxygen atoms in total. The van der Waals surface area contributed by atoms with Gasteiger partial charge in [-0.1, -0.05) is 12.1 Å². The summed E-state index contributed by atoms with van der Waals surface area (Å²) in [5, 5.41) is 28.3. The van der Waals surface area contributed by atoms with Crippen LogP contribution in [0.25, 0.3) is 0 Å². The molecule has 0 spiro atoms. The third-order valence-electron chi connectivity index (χ3n) is 2.43. The first-order valence-electron chi connectivity index (χ1n) is 4.33. The Morgan fingerprint density at radius 1 is 1.21 bits per heavy atom. The number of ketones is 1. The van der Waals surface area contributed by atoms with E-state index in [1.165, 1.54) is 18.2 Å². The molecule has 0 saturated heterocycles. The van der Waals surface area contributed by atoms with Crippen LogP contribution < -0.4 is 0 Å². The van der Waals surface area contributed by atoms with E-state index in [0.29, 0.717) is 0 Å². The molecule has 1 aliphatic carbocycles. The Morgan fingerprint density at radius 2 is 1.93 bits per heavy atom. The highest BCUT2D eigenvalue weighted by molar-refractivity contribution is 6.02. The highest BCUT2D eigenvalue weighted by atomic mass is 16.3. The van der Waals surface area contributed by atoms with Crippen LogP contribution in [0.5, 0.6) is 5.75 Å². The molecule has 1 aromatic rings. The SMILES string of the molecule is O=C1c2cccc(O)c2[C@H](O)C[C@@H]1O. The first-order chi connectivity index (χ1) is 6.61. The van der Waals surface area contributed by atoms with Gasteiger partial charge in [0.2, 0.25) is 0 Å². The summed E-state index contributed by atoms with van der Waals surface area (Å²) in [6.07, 6.45) is -2.19. The van der Waals surface area contributed by atoms with Crippen LogP contribution in [-0.2, 0) is 0 Å². The Hall–Kier alpha value is -1.39. The predicted octanol–water partition coefficient (Wildman–Crippen LogP) is 0.373. The van der Waals surface area contributed by atoms with E-state index >= 15 is 0 Å². The number of phenols is 1. The van der Waals surface area contributed by atoms with Gasteiger partial charge >= 0.3 is 0 Å². The lowest BCUT2D eigenvalue weighted by Gasteiger charge is -2.24. The predicted molar refractivity (Wildman–Crippen MR) is 48.0 cm³/mol. The lowest BCUT2D eigenvalue weighted by atomic mass is 9.86. The number of Topliss-reactive ketones (excluding diaryl/α,β-unsaturated/α-hetero) is 1. The molecule has 3 N–H and O–H groups in total. The van der Waals surface area contributed by atoms with Gasteiger partial charge in [0.1, 0.15) is 11.9 Å². The van der Waals surface area contributed by atoms with Gasteiger partial charge in [-0.05, 0) is 6.07 Å². The van der Waals surface area contributed by atoms with Crippen molar-refractivity contribution in [1.82, 2.24) is 0 Å². The summed E-state index contributed by atoms with van der Waals surface area (Å²) >= 11 is 0. The highest BCUT2D eigenvalue weighted by Gasteiger charge is 2.32. The minimum Gasteiger partial charge on any atom is -0.508 e. The summed E-state index contributed by atoms with van der Waals surface area (Å²) in [5.74, 6) is -0.545. The van der Waals surface area contributed by atoms with Crippen LogP contribution in [0.1, 0.15) is 28.4 Å². The Bertz CT molecular complexity index is 386. The number of hydrogen-bond donors (Lipinski definition) is 3. The molecule has 0 heterocycles. The lowest BCUT2D eigenvalue weighted by Crippen LogP contribution is -2.29. The maximum Gasteiger partial charge on any atom is 0.191 e. The largest absolute Gasteiger partial charge is 0.508 e. The topological polar surface area (TPSA) is 77.8 Å². The maximum atomic E-state index is 11.4. The number of aromatic hydroxyl groups is 1.